The number of aromatic nitrogens is 1. The first kappa shape index (κ1) is 15.5. The maximum Gasteiger partial charge on any atom is 0.195 e. The fourth-order valence-electron chi connectivity index (χ4n) is 2.64. The molecule has 0 unspecified atom stereocenters. The first-order chi connectivity index (χ1) is 9.67. The van der Waals surface area contributed by atoms with Crippen molar-refractivity contribution in [3.8, 4) is 0 Å². The molecular formula is C16H28N2O2. The summed E-state index contributed by atoms with van der Waals surface area (Å²) < 4.78 is 11.4. The van der Waals surface area contributed by atoms with E-state index in [1.165, 1.54) is 12.8 Å². The van der Waals surface area contributed by atoms with Crippen molar-refractivity contribution >= 4 is 0 Å². The van der Waals surface area contributed by atoms with Gasteiger partial charge in [0, 0.05) is 26.0 Å². The lowest BCUT2D eigenvalue weighted by Gasteiger charge is -2.34. The first-order valence-electron chi connectivity index (χ1n) is 7.93. The van der Waals surface area contributed by atoms with Crippen LogP contribution in [0.1, 0.15) is 45.3 Å². The molecular weight excluding hydrogens is 252 g/mol. The largest absolute Gasteiger partial charge is 0.446 e. The maximum absolute atomic E-state index is 5.80. The van der Waals surface area contributed by atoms with Crippen molar-refractivity contribution in [1.29, 1.82) is 0 Å². The molecule has 1 aromatic heterocycles. The molecule has 0 aliphatic heterocycles. The number of hydrogen-bond acceptors (Lipinski definition) is 4. The van der Waals surface area contributed by atoms with Crippen LogP contribution in [-0.2, 0) is 17.6 Å². The summed E-state index contributed by atoms with van der Waals surface area (Å²) in [6, 6.07) is 0. The van der Waals surface area contributed by atoms with E-state index >= 15 is 0 Å². The van der Waals surface area contributed by atoms with Gasteiger partial charge in [-0.25, -0.2) is 4.98 Å². The van der Waals surface area contributed by atoms with Crippen molar-refractivity contribution in [2.75, 3.05) is 19.7 Å². The fourth-order valence-corrected chi connectivity index (χ4v) is 2.64. The average molecular weight is 280 g/mol. The van der Waals surface area contributed by atoms with E-state index in [-0.39, 0.29) is 0 Å². The highest BCUT2D eigenvalue weighted by molar-refractivity contribution is 4.98. The fraction of sp³-hybridized carbons (Fsp3) is 0.812. The van der Waals surface area contributed by atoms with Crippen LogP contribution in [0.5, 0.6) is 0 Å². The third-order valence-corrected chi connectivity index (χ3v) is 3.75. The Bertz CT molecular complexity index is 384. The summed E-state index contributed by atoms with van der Waals surface area (Å²) in [4.78, 5) is 4.36. The minimum atomic E-state index is 0.479. The summed E-state index contributed by atoms with van der Waals surface area (Å²) in [5.41, 5.74) is 0. The summed E-state index contributed by atoms with van der Waals surface area (Å²) in [7, 11) is 0. The Balaban J connectivity index is 1.63. The molecule has 0 aromatic carbocycles. The van der Waals surface area contributed by atoms with Crippen LogP contribution in [0.15, 0.2) is 10.6 Å². The normalized spacial score (nSPS) is 22.2. The van der Waals surface area contributed by atoms with Gasteiger partial charge >= 0.3 is 0 Å². The second-order valence-electron chi connectivity index (χ2n) is 6.19. The van der Waals surface area contributed by atoms with E-state index in [2.05, 4.69) is 31.1 Å². The number of nitrogens with zero attached hydrogens (tertiary/aromatic N) is 1. The molecule has 0 spiro atoms. The summed E-state index contributed by atoms with van der Waals surface area (Å²) in [6.07, 6.45) is 6.59. The Morgan fingerprint density at radius 2 is 2.25 bits per heavy atom. The molecule has 0 radical (unpaired) electrons. The van der Waals surface area contributed by atoms with Crippen molar-refractivity contribution in [2.45, 2.75) is 52.6 Å². The number of nitrogens with one attached hydrogen (secondary N) is 1. The first-order valence-corrected chi connectivity index (χ1v) is 7.93. The monoisotopic (exact) mass is 280 g/mol. The average Bonchev–Trinajstić information content (AvgIpc) is 2.80. The third-order valence-electron chi connectivity index (χ3n) is 3.75. The molecule has 1 aliphatic rings. The molecule has 1 N–H and O–H groups in total. The van der Waals surface area contributed by atoms with E-state index < -0.39 is 0 Å². The van der Waals surface area contributed by atoms with Crippen LogP contribution in [-0.4, -0.2) is 30.8 Å². The van der Waals surface area contributed by atoms with Crippen LogP contribution in [0.25, 0.3) is 0 Å². The quantitative estimate of drug-likeness (QED) is 0.707. The summed E-state index contributed by atoms with van der Waals surface area (Å²) >= 11 is 0. The molecule has 1 saturated carbocycles. The Morgan fingerprint density at radius 3 is 2.95 bits per heavy atom. The maximum atomic E-state index is 5.80. The Morgan fingerprint density at radius 1 is 1.45 bits per heavy atom. The molecule has 1 aliphatic carbocycles. The standard InChI is InChI=1S/C16H28N2O2/c1-4-19-14-7-13(8-14)9-15-11-18-16(20-15)5-6-17-10-12(2)3/h11-14,17H,4-10H2,1-3H3. The van der Waals surface area contributed by atoms with Gasteiger partial charge in [0.1, 0.15) is 5.76 Å². The van der Waals surface area contributed by atoms with Crippen molar-refractivity contribution in [3.63, 3.8) is 0 Å². The van der Waals surface area contributed by atoms with Gasteiger partial charge in [-0.3, -0.25) is 0 Å². The molecule has 2 rings (SSSR count). The minimum Gasteiger partial charge on any atom is -0.446 e. The van der Waals surface area contributed by atoms with Crippen LogP contribution in [0.4, 0.5) is 0 Å². The molecule has 0 bridgehead atoms. The highest BCUT2D eigenvalue weighted by Crippen LogP contribution is 2.32. The minimum absolute atomic E-state index is 0.479. The van der Waals surface area contributed by atoms with Gasteiger partial charge in [0.15, 0.2) is 5.89 Å². The molecule has 0 amide bonds. The van der Waals surface area contributed by atoms with Gasteiger partial charge in [-0.15, -0.1) is 0 Å². The Labute approximate surface area is 122 Å². The SMILES string of the molecule is CCOC1CC(Cc2cnc(CCNCC(C)C)o2)C1. The zero-order valence-corrected chi connectivity index (χ0v) is 13.0. The highest BCUT2D eigenvalue weighted by atomic mass is 16.5. The number of hydrogen-bond donors (Lipinski definition) is 1. The van der Waals surface area contributed by atoms with Crippen molar-refractivity contribution in [2.24, 2.45) is 11.8 Å². The van der Waals surface area contributed by atoms with E-state index in [4.69, 9.17) is 9.15 Å². The Kier molecular flexibility index (Phi) is 6.05. The lowest BCUT2D eigenvalue weighted by molar-refractivity contribution is -0.0252. The molecule has 4 nitrogen and oxygen atoms in total. The van der Waals surface area contributed by atoms with Crippen molar-refractivity contribution in [1.82, 2.24) is 10.3 Å². The van der Waals surface area contributed by atoms with E-state index in [1.807, 2.05) is 6.20 Å². The van der Waals surface area contributed by atoms with Gasteiger partial charge in [-0.2, -0.15) is 0 Å². The summed E-state index contributed by atoms with van der Waals surface area (Å²) in [5, 5.41) is 3.41. The van der Waals surface area contributed by atoms with Crippen LogP contribution in [0.2, 0.25) is 0 Å². The molecule has 0 atom stereocenters. The topological polar surface area (TPSA) is 47.3 Å². The third kappa shape index (κ3) is 4.91. The van der Waals surface area contributed by atoms with Crippen molar-refractivity contribution in [3.05, 3.63) is 17.8 Å². The van der Waals surface area contributed by atoms with Gasteiger partial charge in [0.25, 0.3) is 0 Å². The number of ether oxygens (including phenoxy) is 1. The van der Waals surface area contributed by atoms with Gasteiger partial charge in [-0.05, 0) is 38.1 Å². The second kappa shape index (κ2) is 7.79. The molecule has 0 saturated heterocycles. The number of rotatable bonds is 9. The molecule has 1 heterocycles. The molecule has 4 heteroatoms. The van der Waals surface area contributed by atoms with E-state index in [0.717, 1.165) is 44.2 Å². The van der Waals surface area contributed by atoms with Crippen LogP contribution < -0.4 is 5.32 Å². The van der Waals surface area contributed by atoms with Gasteiger partial charge in [0.2, 0.25) is 0 Å². The Hall–Kier alpha value is -0.870. The van der Waals surface area contributed by atoms with Gasteiger partial charge in [0.05, 0.1) is 12.3 Å². The lowest BCUT2D eigenvalue weighted by atomic mass is 9.79. The van der Waals surface area contributed by atoms with Crippen LogP contribution in [0, 0.1) is 11.8 Å². The van der Waals surface area contributed by atoms with E-state index in [0.29, 0.717) is 17.9 Å². The predicted molar refractivity (Wildman–Crippen MR) is 79.8 cm³/mol. The molecule has 1 aromatic rings. The van der Waals surface area contributed by atoms with Crippen LogP contribution in [0.3, 0.4) is 0 Å². The lowest BCUT2D eigenvalue weighted by Crippen LogP contribution is -2.32. The molecule has 1 fully saturated rings. The molecule has 20 heavy (non-hydrogen) atoms. The second-order valence-corrected chi connectivity index (χ2v) is 6.19. The van der Waals surface area contributed by atoms with E-state index in [1.54, 1.807) is 0 Å². The van der Waals surface area contributed by atoms with Gasteiger partial charge < -0.3 is 14.5 Å². The van der Waals surface area contributed by atoms with E-state index in [9.17, 15) is 0 Å². The zero-order valence-electron chi connectivity index (χ0n) is 13.0. The zero-order chi connectivity index (χ0) is 14.4. The summed E-state index contributed by atoms with van der Waals surface area (Å²) in [5.74, 6) is 3.29. The van der Waals surface area contributed by atoms with Gasteiger partial charge in [-0.1, -0.05) is 13.8 Å². The molecule has 114 valence electrons. The number of oxazole rings is 1. The summed E-state index contributed by atoms with van der Waals surface area (Å²) in [6.45, 7) is 9.30. The van der Waals surface area contributed by atoms with Crippen molar-refractivity contribution < 1.29 is 9.15 Å². The highest BCUT2D eigenvalue weighted by Gasteiger charge is 2.30. The predicted octanol–water partition coefficient (Wildman–Crippen LogP) is 2.82. The van der Waals surface area contributed by atoms with Crippen LogP contribution >= 0.6 is 0 Å². The smallest absolute Gasteiger partial charge is 0.195 e.